The Balaban J connectivity index is 1.07. The molecule has 4 atom stereocenters. The predicted octanol–water partition coefficient (Wildman–Crippen LogP) is 4.19. The lowest BCUT2D eigenvalue weighted by molar-refractivity contribution is -0.144. The largest absolute Gasteiger partial charge is 0.391 e. The van der Waals surface area contributed by atoms with Crippen molar-refractivity contribution in [1.82, 2.24) is 31.2 Å². The number of anilines is 1. The first-order chi connectivity index (χ1) is 25.3. The molecule has 2 aromatic carbocycles. The number of thiazole rings is 1. The Labute approximate surface area is 317 Å². The molecule has 5 N–H and O–H groups in total. The first-order valence-electron chi connectivity index (χ1n) is 18.7. The molecule has 286 valence electrons. The summed E-state index contributed by atoms with van der Waals surface area (Å²) in [7, 11) is 0. The van der Waals surface area contributed by atoms with Crippen LogP contribution in [0.2, 0.25) is 0 Å². The van der Waals surface area contributed by atoms with Gasteiger partial charge in [0.2, 0.25) is 17.7 Å². The van der Waals surface area contributed by atoms with Gasteiger partial charge in [-0.25, -0.2) is 4.98 Å². The number of hydrogen-bond acceptors (Lipinski definition) is 9. The number of aliphatic hydroxyl groups excluding tert-OH is 1. The fourth-order valence-electron chi connectivity index (χ4n) is 6.89. The molecule has 0 spiro atoms. The second-order valence-corrected chi connectivity index (χ2v) is 16.1. The number of unbranched alkanes of at least 4 members (excludes halogenated alkanes) is 2. The van der Waals surface area contributed by atoms with Gasteiger partial charge >= 0.3 is 0 Å². The average molecular weight is 746 g/mol. The van der Waals surface area contributed by atoms with Crippen LogP contribution in [0.25, 0.3) is 10.4 Å². The van der Waals surface area contributed by atoms with Crippen LogP contribution in [0.5, 0.6) is 0 Å². The number of carbonyl (C=O) groups is 4. The van der Waals surface area contributed by atoms with Gasteiger partial charge in [-0.05, 0) is 67.5 Å². The van der Waals surface area contributed by atoms with Crippen molar-refractivity contribution < 1.29 is 24.3 Å². The maximum atomic E-state index is 14.0. The maximum absolute atomic E-state index is 14.0. The molecule has 2 aliphatic heterocycles. The van der Waals surface area contributed by atoms with E-state index in [2.05, 4.69) is 31.2 Å². The van der Waals surface area contributed by atoms with E-state index in [1.165, 1.54) is 4.90 Å². The van der Waals surface area contributed by atoms with Crippen molar-refractivity contribution in [2.24, 2.45) is 5.41 Å². The van der Waals surface area contributed by atoms with Crippen LogP contribution < -0.4 is 26.2 Å². The molecule has 3 aromatic rings. The number of nitrogens with zero attached hydrogens (tertiary/aromatic N) is 3. The van der Waals surface area contributed by atoms with E-state index in [9.17, 15) is 24.3 Å². The van der Waals surface area contributed by atoms with Gasteiger partial charge in [-0.1, -0.05) is 51.5 Å². The number of carbonyl (C=O) groups excluding carboxylic acids is 4. The summed E-state index contributed by atoms with van der Waals surface area (Å²) in [5.74, 6) is -1.10. The van der Waals surface area contributed by atoms with Gasteiger partial charge in [-0.3, -0.25) is 19.2 Å². The minimum absolute atomic E-state index is 0.0165. The zero-order chi connectivity index (χ0) is 38.1. The molecule has 3 heterocycles. The van der Waals surface area contributed by atoms with Gasteiger partial charge in [-0.15, -0.1) is 11.3 Å². The summed E-state index contributed by atoms with van der Waals surface area (Å²) >= 11 is 1.58. The summed E-state index contributed by atoms with van der Waals surface area (Å²) in [5, 5.41) is 22.8. The molecule has 0 saturated carbocycles. The van der Waals surface area contributed by atoms with E-state index in [-0.39, 0.29) is 49.1 Å². The Kier molecular flexibility index (Phi) is 13.6. The monoisotopic (exact) mass is 745 g/mol. The molecule has 53 heavy (non-hydrogen) atoms. The van der Waals surface area contributed by atoms with Crippen molar-refractivity contribution in [3.05, 3.63) is 70.9 Å². The second kappa shape index (κ2) is 18.1. The Hall–Kier alpha value is -4.33. The summed E-state index contributed by atoms with van der Waals surface area (Å²) in [6.45, 7) is 13.8. The van der Waals surface area contributed by atoms with Crippen LogP contribution in [0.3, 0.4) is 0 Å². The van der Waals surface area contributed by atoms with Crippen LogP contribution in [-0.2, 0) is 14.4 Å². The smallest absolute Gasteiger partial charge is 0.251 e. The number of benzene rings is 2. The number of aromatic nitrogens is 1. The summed E-state index contributed by atoms with van der Waals surface area (Å²) in [5.41, 5.74) is 5.87. The summed E-state index contributed by atoms with van der Waals surface area (Å²) in [6.07, 6.45) is 1.55. The highest BCUT2D eigenvalue weighted by Gasteiger charge is 2.44. The van der Waals surface area contributed by atoms with Crippen LogP contribution in [0.1, 0.15) is 87.5 Å². The Morgan fingerprint density at radius 3 is 2.32 bits per heavy atom. The van der Waals surface area contributed by atoms with Crippen molar-refractivity contribution in [3.63, 3.8) is 0 Å². The lowest BCUT2D eigenvalue weighted by Gasteiger charge is -2.35. The van der Waals surface area contributed by atoms with Crippen LogP contribution in [0.4, 0.5) is 5.69 Å². The zero-order valence-corrected chi connectivity index (χ0v) is 32.4. The lowest BCUT2D eigenvalue weighted by atomic mass is 9.85. The molecule has 0 radical (unpaired) electrons. The van der Waals surface area contributed by atoms with E-state index in [4.69, 9.17) is 0 Å². The van der Waals surface area contributed by atoms with Crippen molar-refractivity contribution >= 4 is 40.7 Å². The fourth-order valence-corrected chi connectivity index (χ4v) is 7.70. The Morgan fingerprint density at radius 1 is 0.981 bits per heavy atom. The van der Waals surface area contributed by atoms with E-state index in [0.717, 1.165) is 66.4 Å². The van der Waals surface area contributed by atoms with Crippen molar-refractivity contribution in [1.29, 1.82) is 0 Å². The van der Waals surface area contributed by atoms with E-state index in [0.29, 0.717) is 18.5 Å². The number of β-amino-alcohol motifs (C(OH)–C–C–N with tert-alkyl or cyclic N) is 1. The molecular weight excluding hydrogens is 691 g/mol. The quantitative estimate of drug-likeness (QED) is 0.154. The number of rotatable bonds is 14. The normalized spacial score (nSPS) is 18.7. The molecule has 0 unspecified atom stereocenters. The highest BCUT2D eigenvalue weighted by molar-refractivity contribution is 7.13. The third kappa shape index (κ3) is 10.6. The standard InChI is InChI=1S/C40H55N7O5S/c1-26(28-10-12-29(13-11-28)35-27(2)43-25-53-35)44-38(51)33-23-32(48)24-47(33)39(52)36(40(3,4)5)45-34(49)9-7-6-8-18-42-37(50)30-14-16-31(17-15-30)46-21-19-41-20-22-46/h10-17,25-26,32-33,36,41,48H,6-9,18-24H2,1-5H3,(H,42,50)(H,44,51)(H,45,49)/t26-,32+,33-,36+/m0/s1. The molecule has 0 aliphatic carbocycles. The highest BCUT2D eigenvalue weighted by atomic mass is 32.1. The van der Waals surface area contributed by atoms with Crippen molar-refractivity contribution in [3.8, 4) is 10.4 Å². The van der Waals surface area contributed by atoms with E-state index < -0.39 is 23.6 Å². The van der Waals surface area contributed by atoms with Gasteiger partial charge in [0.15, 0.2) is 0 Å². The molecule has 4 amide bonds. The molecule has 2 fully saturated rings. The summed E-state index contributed by atoms with van der Waals surface area (Å²) in [6, 6.07) is 13.6. The average Bonchev–Trinajstić information content (AvgIpc) is 3.76. The lowest BCUT2D eigenvalue weighted by Crippen LogP contribution is -2.57. The molecule has 2 saturated heterocycles. The predicted molar refractivity (Wildman–Crippen MR) is 209 cm³/mol. The topological polar surface area (TPSA) is 156 Å². The second-order valence-electron chi connectivity index (χ2n) is 15.2. The third-order valence-corrected chi connectivity index (χ3v) is 11.0. The number of hydrogen-bond donors (Lipinski definition) is 5. The number of nitrogens with one attached hydrogen (secondary N) is 4. The molecular formula is C40H55N7O5S. The van der Waals surface area contributed by atoms with Gasteiger partial charge in [0.05, 0.1) is 28.2 Å². The first kappa shape index (κ1) is 39.9. The summed E-state index contributed by atoms with van der Waals surface area (Å²) < 4.78 is 0. The molecule has 0 bridgehead atoms. The number of aryl methyl sites for hydroxylation is 1. The highest BCUT2D eigenvalue weighted by Crippen LogP contribution is 2.30. The summed E-state index contributed by atoms with van der Waals surface area (Å²) in [4.78, 5) is 62.4. The van der Waals surface area contributed by atoms with Crippen LogP contribution in [0, 0.1) is 12.3 Å². The van der Waals surface area contributed by atoms with Crippen LogP contribution in [-0.4, -0.2) is 96.1 Å². The van der Waals surface area contributed by atoms with E-state index in [1.54, 1.807) is 11.3 Å². The number of amides is 4. The van der Waals surface area contributed by atoms with E-state index >= 15 is 0 Å². The van der Waals surface area contributed by atoms with Gasteiger partial charge in [0, 0.05) is 63.4 Å². The number of likely N-dealkylation sites (tertiary alicyclic amines) is 1. The maximum Gasteiger partial charge on any atom is 0.251 e. The molecule has 1 aromatic heterocycles. The van der Waals surface area contributed by atoms with Crippen molar-refractivity contribution in [2.45, 2.75) is 91.0 Å². The van der Waals surface area contributed by atoms with Crippen LogP contribution >= 0.6 is 11.3 Å². The minimum atomic E-state index is -0.881. The van der Waals surface area contributed by atoms with Gasteiger partial charge in [0.1, 0.15) is 12.1 Å². The fraction of sp³-hybridized carbons (Fsp3) is 0.525. The number of piperazine rings is 1. The van der Waals surface area contributed by atoms with Crippen molar-refractivity contribution in [2.75, 3.05) is 44.2 Å². The minimum Gasteiger partial charge on any atom is -0.391 e. The first-order valence-corrected chi connectivity index (χ1v) is 19.6. The third-order valence-electron chi connectivity index (χ3n) is 10.0. The van der Waals surface area contributed by atoms with Crippen LogP contribution in [0.15, 0.2) is 54.0 Å². The van der Waals surface area contributed by atoms with E-state index in [1.807, 2.05) is 88.7 Å². The van der Waals surface area contributed by atoms with Gasteiger partial charge < -0.3 is 36.2 Å². The van der Waals surface area contributed by atoms with Gasteiger partial charge in [0.25, 0.3) is 5.91 Å². The Morgan fingerprint density at radius 2 is 1.68 bits per heavy atom. The molecule has 5 rings (SSSR count). The zero-order valence-electron chi connectivity index (χ0n) is 31.6. The Bertz CT molecular complexity index is 1700. The molecule has 2 aliphatic rings. The van der Waals surface area contributed by atoms with Gasteiger partial charge in [-0.2, -0.15) is 0 Å². The molecule has 13 heteroatoms. The molecule has 12 nitrogen and oxygen atoms in total. The number of aliphatic hydroxyl groups is 1. The SMILES string of the molecule is Cc1ncsc1-c1ccc([C@H](C)NC(=O)[C@@H]2C[C@@H](O)CN2C(=O)[C@@H](NC(=O)CCCCCNC(=O)c2ccc(N3CCNCC3)cc2)C(C)(C)C)cc1.